The molecule has 0 spiro atoms. The predicted octanol–water partition coefficient (Wildman–Crippen LogP) is 4.35. The molecule has 1 aromatic carbocycles. The Morgan fingerprint density at radius 3 is 2.85 bits per heavy atom. The first-order chi connectivity index (χ1) is 12.7. The Morgan fingerprint density at radius 2 is 2.08 bits per heavy atom. The van der Waals surface area contributed by atoms with E-state index < -0.39 is 12.5 Å². The lowest BCUT2D eigenvalue weighted by atomic mass is 10.2. The molecular formula is C17H13ClF2IN5. The van der Waals surface area contributed by atoms with Gasteiger partial charge in [0.1, 0.15) is 18.3 Å². The topological polar surface area (TPSA) is 46.3 Å². The lowest BCUT2D eigenvalue weighted by Gasteiger charge is -2.11. The Morgan fingerprint density at radius 1 is 1.19 bits per heavy atom. The molecule has 5 nitrogen and oxygen atoms in total. The van der Waals surface area contributed by atoms with Gasteiger partial charge in [-0.15, -0.1) is 0 Å². The Balaban J connectivity index is 1.79. The van der Waals surface area contributed by atoms with Gasteiger partial charge in [-0.05, 0) is 17.7 Å². The maximum Gasteiger partial charge on any atom is 0.144 e. The van der Waals surface area contributed by atoms with Crippen molar-refractivity contribution in [3.8, 4) is 11.4 Å². The zero-order chi connectivity index (χ0) is 18.1. The molecule has 0 bridgehead atoms. The van der Waals surface area contributed by atoms with Crippen LogP contribution >= 0.6 is 32.6 Å². The van der Waals surface area contributed by atoms with Crippen LogP contribution < -0.4 is 0 Å². The van der Waals surface area contributed by atoms with Crippen LogP contribution in [0, 0.1) is 5.82 Å². The van der Waals surface area contributed by atoms with Crippen LogP contribution in [0.3, 0.4) is 0 Å². The van der Waals surface area contributed by atoms with Gasteiger partial charge in [-0.3, -0.25) is 4.98 Å². The molecule has 2 aromatic heterocycles. The van der Waals surface area contributed by atoms with E-state index in [1.807, 2.05) is 16.5 Å². The van der Waals surface area contributed by atoms with E-state index in [4.69, 9.17) is 11.6 Å². The first-order valence-electron chi connectivity index (χ1n) is 7.76. The predicted molar refractivity (Wildman–Crippen MR) is 108 cm³/mol. The molecule has 0 aliphatic carbocycles. The fourth-order valence-electron chi connectivity index (χ4n) is 2.80. The van der Waals surface area contributed by atoms with Gasteiger partial charge in [-0.1, -0.05) is 11.6 Å². The molecule has 9 heteroatoms. The molecule has 0 saturated heterocycles. The third kappa shape index (κ3) is 3.35. The summed E-state index contributed by atoms with van der Waals surface area (Å²) in [5.74, 6) is 0.000930. The van der Waals surface area contributed by atoms with E-state index in [1.165, 1.54) is 12.1 Å². The summed E-state index contributed by atoms with van der Waals surface area (Å²) in [6.07, 6.45) is 5.29. The number of alkyl halides is 1. The number of pyridine rings is 1. The fourth-order valence-corrected chi connectivity index (χ4v) is 4.45. The van der Waals surface area contributed by atoms with Gasteiger partial charge in [0.25, 0.3) is 0 Å². The molecule has 0 N–H and O–H groups in total. The highest BCUT2D eigenvalue weighted by Crippen LogP contribution is 2.29. The van der Waals surface area contributed by atoms with Crippen LogP contribution in [0.1, 0.15) is 5.56 Å². The minimum absolute atomic E-state index is 0.00979. The highest BCUT2D eigenvalue weighted by atomic mass is 127. The molecule has 0 saturated carbocycles. The maximum atomic E-state index is 13.8. The lowest BCUT2D eigenvalue weighted by molar-refractivity contribution is 0.451. The monoisotopic (exact) mass is 487 g/mol. The number of benzene rings is 1. The number of nitrogens with zero attached hydrogens (tertiary/aromatic N) is 5. The van der Waals surface area contributed by atoms with E-state index in [0.717, 1.165) is 11.1 Å². The van der Waals surface area contributed by atoms with Gasteiger partial charge in [0.15, 0.2) is 0 Å². The smallest absolute Gasteiger partial charge is 0.144 e. The second kappa shape index (κ2) is 7.36. The largest absolute Gasteiger partial charge is 0.321 e. The normalized spacial score (nSPS) is 13.6. The molecular weight excluding hydrogens is 475 g/mol. The van der Waals surface area contributed by atoms with E-state index in [1.54, 1.807) is 17.0 Å². The highest BCUT2D eigenvalue weighted by Gasteiger charge is 2.16. The third-order valence-electron chi connectivity index (χ3n) is 3.90. The highest BCUT2D eigenvalue weighted by molar-refractivity contribution is 14.2. The second-order valence-corrected chi connectivity index (χ2v) is 8.39. The molecule has 1 aliphatic rings. The first-order valence-corrected chi connectivity index (χ1v) is 10.4. The number of rotatable bonds is 5. The molecule has 0 amide bonds. The molecule has 0 atom stereocenters. The Labute approximate surface area is 163 Å². The van der Waals surface area contributed by atoms with Crippen LogP contribution in [0.15, 0.2) is 35.6 Å². The van der Waals surface area contributed by atoms with Crippen molar-refractivity contribution in [3.05, 3.63) is 47.0 Å². The van der Waals surface area contributed by atoms with Crippen molar-refractivity contribution in [2.45, 2.75) is 13.1 Å². The van der Waals surface area contributed by atoms with Crippen LogP contribution in [-0.2, 0) is 13.1 Å². The number of hydrogen-bond donors (Lipinski definition) is 0. The van der Waals surface area contributed by atoms with Crippen molar-refractivity contribution in [1.82, 2.24) is 17.6 Å². The summed E-state index contributed by atoms with van der Waals surface area (Å²) < 4.78 is 32.7. The Hall–Kier alpha value is -1.94. The molecule has 4 rings (SSSR count). The molecule has 3 aromatic rings. The summed E-state index contributed by atoms with van der Waals surface area (Å²) in [5.41, 5.74) is 2.79. The number of aliphatic imine (C=N–C) groups is 1. The summed E-state index contributed by atoms with van der Waals surface area (Å²) in [7, 11) is 0. The number of imidazole rings is 1. The SMILES string of the molecule is FCCn1c(-c2cncc(CN3C=NC=I3)c2)nc2cc(F)c(Cl)cc21. The van der Waals surface area contributed by atoms with Gasteiger partial charge < -0.3 is 7.68 Å². The van der Waals surface area contributed by atoms with Crippen molar-refractivity contribution in [2.24, 2.45) is 4.99 Å². The summed E-state index contributed by atoms with van der Waals surface area (Å²) >= 11 is 5.68. The third-order valence-corrected chi connectivity index (χ3v) is 6.07. The van der Waals surface area contributed by atoms with Gasteiger partial charge in [0, 0.05) is 45.0 Å². The molecule has 1 aliphatic heterocycles. The van der Waals surface area contributed by atoms with Crippen molar-refractivity contribution in [3.63, 3.8) is 0 Å². The van der Waals surface area contributed by atoms with Crippen LogP contribution in [0.25, 0.3) is 22.4 Å². The summed E-state index contributed by atoms with van der Waals surface area (Å²) in [6.45, 7) is 0.250. The van der Waals surface area contributed by atoms with Gasteiger partial charge in [0.2, 0.25) is 0 Å². The fraction of sp³-hybridized carbons (Fsp3) is 0.176. The Kier molecular flexibility index (Phi) is 4.94. The second-order valence-electron chi connectivity index (χ2n) is 5.63. The van der Waals surface area contributed by atoms with Crippen molar-refractivity contribution in [1.29, 1.82) is 0 Å². The van der Waals surface area contributed by atoms with E-state index in [2.05, 4.69) is 18.1 Å². The summed E-state index contributed by atoms with van der Waals surface area (Å²) in [5, 5.41) is -0.00979. The minimum Gasteiger partial charge on any atom is -0.321 e. The van der Waals surface area contributed by atoms with E-state index in [9.17, 15) is 8.78 Å². The van der Waals surface area contributed by atoms with E-state index in [0.29, 0.717) is 23.4 Å². The average Bonchev–Trinajstić information content (AvgIpc) is 3.25. The van der Waals surface area contributed by atoms with Gasteiger partial charge in [0.05, 0.1) is 39.6 Å². The number of hydrogen-bond acceptors (Lipinski definition) is 4. The first kappa shape index (κ1) is 17.5. The molecule has 134 valence electrons. The molecule has 0 unspecified atom stereocenters. The molecule has 26 heavy (non-hydrogen) atoms. The summed E-state index contributed by atoms with van der Waals surface area (Å²) in [4.78, 5) is 12.9. The van der Waals surface area contributed by atoms with Crippen molar-refractivity contribution >= 4 is 54.1 Å². The minimum atomic E-state index is -0.564. The van der Waals surface area contributed by atoms with Crippen LogP contribution in [-0.4, -0.2) is 34.8 Å². The van der Waals surface area contributed by atoms with E-state index >= 15 is 0 Å². The van der Waals surface area contributed by atoms with Crippen LogP contribution in [0.2, 0.25) is 5.02 Å². The van der Waals surface area contributed by atoms with Gasteiger partial charge in [-0.25, -0.2) is 18.8 Å². The quantitative estimate of drug-likeness (QED) is 0.397. The zero-order valence-electron chi connectivity index (χ0n) is 13.4. The van der Waals surface area contributed by atoms with Crippen LogP contribution in [0.4, 0.5) is 8.78 Å². The number of aryl methyl sites for hydroxylation is 1. The molecule has 0 fully saturated rings. The maximum absolute atomic E-state index is 13.8. The van der Waals surface area contributed by atoms with Gasteiger partial charge >= 0.3 is 0 Å². The van der Waals surface area contributed by atoms with Crippen molar-refractivity contribution in [2.75, 3.05) is 6.67 Å². The average molecular weight is 488 g/mol. The summed E-state index contributed by atoms with van der Waals surface area (Å²) in [6, 6.07) is 4.72. The number of halogens is 4. The number of aromatic nitrogens is 3. The number of fused-ring (bicyclic) bond motifs is 1. The zero-order valence-corrected chi connectivity index (χ0v) is 16.3. The molecule has 3 heterocycles. The Bertz CT molecular complexity index is 1020. The van der Waals surface area contributed by atoms with Crippen LogP contribution in [0.5, 0.6) is 0 Å². The van der Waals surface area contributed by atoms with E-state index in [-0.39, 0.29) is 32.6 Å². The standard InChI is InChI=1S/C17H13ClF2IN5/c18-13-4-16-15(5-14(13)20)24-17(26(16)2-1-19)12-3-11(6-22-7-12)8-25-10-23-9-21-25/h3-7,9-10H,1-2,8H2. The lowest BCUT2D eigenvalue weighted by Crippen LogP contribution is -2.08. The van der Waals surface area contributed by atoms with Gasteiger partial charge in [-0.2, -0.15) is 0 Å². The molecule has 0 radical (unpaired) electrons. The van der Waals surface area contributed by atoms with Crippen molar-refractivity contribution < 1.29 is 8.78 Å².